The molecule has 0 saturated heterocycles. The van der Waals surface area contributed by atoms with E-state index in [-0.39, 0.29) is 16.8 Å². The average Bonchev–Trinajstić information content (AvgIpc) is 2.25. The second-order valence-corrected chi connectivity index (χ2v) is 4.55. The molecule has 0 radical (unpaired) electrons. The van der Waals surface area contributed by atoms with Gasteiger partial charge in [-0.05, 0) is 26.8 Å². The summed E-state index contributed by atoms with van der Waals surface area (Å²) in [6.07, 6.45) is 0. The van der Waals surface area contributed by atoms with E-state index in [1.807, 2.05) is 20.8 Å². The molecule has 0 aliphatic carbocycles. The molecule has 0 aliphatic rings. The molecule has 0 unspecified atom stereocenters. The van der Waals surface area contributed by atoms with Crippen molar-refractivity contribution in [3.8, 4) is 0 Å². The fraction of sp³-hybridized carbons (Fsp3) is 0.364. The minimum atomic E-state index is -0.649. The summed E-state index contributed by atoms with van der Waals surface area (Å²) in [6, 6.07) is 5.38. The van der Waals surface area contributed by atoms with Crippen LogP contribution in [0.4, 0.5) is 5.69 Å². The standard InChI is InChI=1S/C11H14N2O4/c1-11(2,3)12-17-10(14)8-5-4-6-9(7-8)13(15)16/h4-7,12H,1-3H3. The van der Waals surface area contributed by atoms with Crippen molar-refractivity contribution in [1.29, 1.82) is 0 Å². The minimum absolute atomic E-state index is 0.135. The van der Waals surface area contributed by atoms with E-state index in [4.69, 9.17) is 4.84 Å². The molecule has 1 rings (SSSR count). The highest BCUT2D eigenvalue weighted by Crippen LogP contribution is 2.13. The molecule has 0 amide bonds. The molecule has 0 fully saturated rings. The highest BCUT2D eigenvalue weighted by Gasteiger charge is 2.16. The van der Waals surface area contributed by atoms with Gasteiger partial charge >= 0.3 is 5.97 Å². The van der Waals surface area contributed by atoms with Gasteiger partial charge in [0.2, 0.25) is 0 Å². The van der Waals surface area contributed by atoms with E-state index in [1.54, 1.807) is 0 Å². The van der Waals surface area contributed by atoms with Crippen LogP contribution in [0.15, 0.2) is 24.3 Å². The number of non-ortho nitro benzene ring substituents is 1. The van der Waals surface area contributed by atoms with Crippen molar-refractivity contribution in [1.82, 2.24) is 5.48 Å². The Morgan fingerprint density at radius 2 is 2.06 bits per heavy atom. The van der Waals surface area contributed by atoms with E-state index in [1.165, 1.54) is 24.3 Å². The third-order valence-corrected chi connectivity index (χ3v) is 1.74. The van der Waals surface area contributed by atoms with Crippen LogP contribution in [0.2, 0.25) is 0 Å². The SMILES string of the molecule is CC(C)(C)NOC(=O)c1cccc([N+](=O)[O-])c1. The summed E-state index contributed by atoms with van der Waals surface area (Å²) in [5.74, 6) is -0.649. The number of hydrogen-bond donors (Lipinski definition) is 1. The molecule has 0 heterocycles. The van der Waals surface area contributed by atoms with Gasteiger partial charge in [0.15, 0.2) is 0 Å². The molecular weight excluding hydrogens is 224 g/mol. The molecule has 0 saturated carbocycles. The zero-order chi connectivity index (χ0) is 13.1. The quantitative estimate of drug-likeness (QED) is 0.643. The van der Waals surface area contributed by atoms with Gasteiger partial charge in [0.05, 0.1) is 10.5 Å². The molecule has 6 heteroatoms. The zero-order valence-corrected chi connectivity index (χ0v) is 9.89. The van der Waals surface area contributed by atoms with Crippen LogP contribution in [0.25, 0.3) is 0 Å². The number of hydroxylamine groups is 1. The number of nitrogens with zero attached hydrogens (tertiary/aromatic N) is 1. The first-order chi connectivity index (χ1) is 7.79. The summed E-state index contributed by atoms with van der Waals surface area (Å²) < 4.78 is 0. The van der Waals surface area contributed by atoms with Gasteiger partial charge in [-0.2, -0.15) is 0 Å². The average molecular weight is 238 g/mol. The monoisotopic (exact) mass is 238 g/mol. The maximum atomic E-state index is 11.6. The van der Waals surface area contributed by atoms with E-state index in [0.29, 0.717) is 0 Å². The predicted molar refractivity (Wildman–Crippen MR) is 61.4 cm³/mol. The fourth-order valence-electron chi connectivity index (χ4n) is 1.00. The van der Waals surface area contributed by atoms with Crippen LogP contribution < -0.4 is 5.48 Å². The van der Waals surface area contributed by atoms with Crippen LogP contribution >= 0.6 is 0 Å². The van der Waals surface area contributed by atoms with Gasteiger partial charge in [-0.15, -0.1) is 5.48 Å². The molecule has 0 aromatic heterocycles. The van der Waals surface area contributed by atoms with E-state index in [0.717, 1.165) is 0 Å². The Kier molecular flexibility index (Phi) is 3.80. The lowest BCUT2D eigenvalue weighted by Gasteiger charge is -2.19. The Labute approximate surface area is 98.7 Å². The fourth-order valence-corrected chi connectivity index (χ4v) is 1.00. The van der Waals surface area contributed by atoms with Crippen LogP contribution in [0.5, 0.6) is 0 Å². The molecule has 1 N–H and O–H groups in total. The van der Waals surface area contributed by atoms with Crippen molar-refractivity contribution in [2.24, 2.45) is 0 Å². The van der Waals surface area contributed by atoms with Crippen molar-refractivity contribution >= 4 is 11.7 Å². The number of carbonyl (C=O) groups is 1. The number of benzene rings is 1. The molecule has 1 aromatic rings. The second-order valence-electron chi connectivity index (χ2n) is 4.55. The van der Waals surface area contributed by atoms with E-state index in [9.17, 15) is 14.9 Å². The second kappa shape index (κ2) is 4.92. The van der Waals surface area contributed by atoms with Gasteiger partial charge in [0, 0.05) is 17.7 Å². The van der Waals surface area contributed by atoms with Crippen molar-refractivity contribution in [2.45, 2.75) is 26.3 Å². The normalized spacial score (nSPS) is 11.0. The van der Waals surface area contributed by atoms with Crippen LogP contribution in [0.1, 0.15) is 31.1 Å². The van der Waals surface area contributed by atoms with Crippen molar-refractivity contribution in [2.75, 3.05) is 0 Å². The van der Waals surface area contributed by atoms with Crippen molar-refractivity contribution in [3.05, 3.63) is 39.9 Å². The highest BCUT2D eigenvalue weighted by molar-refractivity contribution is 5.89. The smallest absolute Gasteiger partial charge is 0.357 e. The van der Waals surface area contributed by atoms with E-state index >= 15 is 0 Å². The third-order valence-electron chi connectivity index (χ3n) is 1.74. The van der Waals surface area contributed by atoms with E-state index < -0.39 is 10.9 Å². The van der Waals surface area contributed by atoms with Crippen molar-refractivity contribution < 1.29 is 14.6 Å². The van der Waals surface area contributed by atoms with Crippen molar-refractivity contribution in [3.63, 3.8) is 0 Å². The number of nitrogens with one attached hydrogen (secondary N) is 1. The molecule has 1 aromatic carbocycles. The number of carbonyl (C=O) groups excluding carboxylic acids is 1. The zero-order valence-electron chi connectivity index (χ0n) is 9.89. The van der Waals surface area contributed by atoms with Gasteiger partial charge in [-0.1, -0.05) is 6.07 Å². The Bertz CT molecular complexity index is 437. The summed E-state index contributed by atoms with van der Waals surface area (Å²) in [5.41, 5.74) is 2.16. The first-order valence-electron chi connectivity index (χ1n) is 5.02. The summed E-state index contributed by atoms with van der Waals surface area (Å²) in [7, 11) is 0. The Balaban J connectivity index is 2.76. The number of nitro benzene ring substituents is 1. The predicted octanol–water partition coefficient (Wildman–Crippen LogP) is 2.05. The largest absolute Gasteiger partial charge is 0.366 e. The molecule has 17 heavy (non-hydrogen) atoms. The van der Waals surface area contributed by atoms with Crippen LogP contribution in [-0.4, -0.2) is 16.4 Å². The van der Waals surface area contributed by atoms with Gasteiger partial charge in [0.1, 0.15) is 0 Å². The molecule has 0 bridgehead atoms. The maximum Gasteiger partial charge on any atom is 0.357 e. The maximum absolute atomic E-state index is 11.6. The molecule has 0 spiro atoms. The van der Waals surface area contributed by atoms with E-state index in [2.05, 4.69) is 5.48 Å². The summed E-state index contributed by atoms with van der Waals surface area (Å²) in [6.45, 7) is 5.48. The summed E-state index contributed by atoms with van der Waals surface area (Å²) in [4.78, 5) is 26.3. The van der Waals surface area contributed by atoms with Gasteiger partial charge in [-0.3, -0.25) is 10.1 Å². The molecule has 6 nitrogen and oxygen atoms in total. The van der Waals surface area contributed by atoms with Crippen LogP contribution in [0, 0.1) is 10.1 Å². The molecule has 92 valence electrons. The first-order valence-corrected chi connectivity index (χ1v) is 5.02. The molecule has 0 atom stereocenters. The number of hydrogen-bond acceptors (Lipinski definition) is 5. The number of nitro groups is 1. The molecular formula is C11H14N2O4. The minimum Gasteiger partial charge on any atom is -0.366 e. The third kappa shape index (κ3) is 4.20. The lowest BCUT2D eigenvalue weighted by Crippen LogP contribution is -2.37. The first kappa shape index (κ1) is 13.1. The Morgan fingerprint density at radius 1 is 1.41 bits per heavy atom. The van der Waals surface area contributed by atoms with Gasteiger partial charge in [0.25, 0.3) is 5.69 Å². The van der Waals surface area contributed by atoms with Gasteiger partial charge in [-0.25, -0.2) is 4.79 Å². The van der Waals surface area contributed by atoms with Gasteiger partial charge < -0.3 is 4.84 Å². The van der Waals surface area contributed by atoms with Crippen LogP contribution in [0.3, 0.4) is 0 Å². The lowest BCUT2D eigenvalue weighted by atomic mass is 10.1. The Morgan fingerprint density at radius 3 is 2.59 bits per heavy atom. The number of rotatable bonds is 3. The summed E-state index contributed by atoms with van der Waals surface area (Å²) in [5, 5.41) is 10.5. The lowest BCUT2D eigenvalue weighted by molar-refractivity contribution is -0.384. The summed E-state index contributed by atoms with van der Waals surface area (Å²) >= 11 is 0. The Hall–Kier alpha value is -1.95. The topological polar surface area (TPSA) is 81.5 Å². The van der Waals surface area contributed by atoms with Crippen LogP contribution in [-0.2, 0) is 4.84 Å². The molecule has 0 aliphatic heterocycles. The highest BCUT2D eigenvalue weighted by atomic mass is 16.7.